The summed E-state index contributed by atoms with van der Waals surface area (Å²) in [5, 5.41) is 13.6. The second kappa shape index (κ2) is 8.75. The number of carbonyl (C=O) groups excluding carboxylic acids is 1. The highest BCUT2D eigenvalue weighted by Crippen LogP contribution is 2.26. The van der Waals surface area contributed by atoms with Gasteiger partial charge < -0.3 is 5.32 Å². The monoisotopic (exact) mass is 397 g/mol. The second-order valence-corrected chi connectivity index (χ2v) is 7.45. The van der Waals surface area contributed by atoms with E-state index < -0.39 is 38.0 Å². The zero-order valence-electron chi connectivity index (χ0n) is 13.5. The van der Waals surface area contributed by atoms with E-state index in [0.29, 0.717) is 13.0 Å². The fraction of sp³-hybridized carbons (Fsp3) is 0.188. The highest BCUT2D eigenvalue weighted by Gasteiger charge is 2.26. The zero-order valence-corrected chi connectivity index (χ0v) is 15.1. The fourth-order valence-corrected chi connectivity index (χ4v) is 3.56. The van der Waals surface area contributed by atoms with Crippen molar-refractivity contribution >= 4 is 33.2 Å². The number of nitrogens with zero attached hydrogens (tertiary/aromatic N) is 1. The summed E-state index contributed by atoms with van der Waals surface area (Å²) in [6.07, 6.45) is 0.596. The van der Waals surface area contributed by atoms with Crippen LogP contribution in [0.4, 0.5) is 5.69 Å². The maximum atomic E-state index is 12.3. The van der Waals surface area contributed by atoms with Gasteiger partial charge in [0.25, 0.3) is 5.69 Å². The number of nitro benzene ring substituents is 1. The number of rotatable bonds is 8. The Labute approximate surface area is 155 Å². The van der Waals surface area contributed by atoms with Gasteiger partial charge in [0.2, 0.25) is 15.9 Å². The number of nitrogens with one attached hydrogen (secondary N) is 2. The van der Waals surface area contributed by atoms with E-state index >= 15 is 0 Å². The molecule has 0 aliphatic rings. The van der Waals surface area contributed by atoms with E-state index in [1.54, 1.807) is 0 Å². The highest BCUT2D eigenvalue weighted by atomic mass is 35.5. The topological polar surface area (TPSA) is 118 Å². The Morgan fingerprint density at radius 1 is 1.15 bits per heavy atom. The van der Waals surface area contributed by atoms with E-state index in [1.807, 2.05) is 35.1 Å². The summed E-state index contributed by atoms with van der Waals surface area (Å²) >= 11 is 5.72. The SMILES string of the molecule is O=C(CNS(=O)(=O)c1cc(Cl)ccc1[N+](=O)[O-])NCCc1ccccc1. The zero-order chi connectivity index (χ0) is 19.2. The summed E-state index contributed by atoms with van der Waals surface area (Å²) < 4.78 is 26.6. The van der Waals surface area contributed by atoms with Crippen LogP contribution < -0.4 is 10.0 Å². The second-order valence-electron chi connectivity index (χ2n) is 5.28. The summed E-state index contributed by atoms with van der Waals surface area (Å²) in [6.45, 7) is -0.206. The maximum Gasteiger partial charge on any atom is 0.289 e. The number of hydrogen-bond acceptors (Lipinski definition) is 5. The molecule has 2 N–H and O–H groups in total. The Morgan fingerprint density at radius 2 is 1.85 bits per heavy atom. The Kier molecular flexibility index (Phi) is 6.67. The van der Waals surface area contributed by atoms with Crippen molar-refractivity contribution in [3.8, 4) is 0 Å². The van der Waals surface area contributed by atoms with Crippen LogP contribution in [0, 0.1) is 10.1 Å². The van der Waals surface area contributed by atoms with E-state index in [-0.39, 0.29) is 5.02 Å². The number of amides is 1. The molecule has 0 radical (unpaired) electrons. The lowest BCUT2D eigenvalue weighted by atomic mass is 10.1. The van der Waals surface area contributed by atoms with Crippen molar-refractivity contribution in [3.05, 3.63) is 69.2 Å². The number of hydrogen-bond donors (Lipinski definition) is 2. The average Bonchev–Trinajstić information content (AvgIpc) is 2.60. The molecule has 0 bridgehead atoms. The first-order valence-corrected chi connectivity index (χ1v) is 9.40. The molecule has 8 nitrogen and oxygen atoms in total. The lowest BCUT2D eigenvalue weighted by molar-refractivity contribution is -0.387. The van der Waals surface area contributed by atoms with Crippen LogP contribution in [0.3, 0.4) is 0 Å². The molecule has 0 atom stereocenters. The molecule has 26 heavy (non-hydrogen) atoms. The molecule has 138 valence electrons. The molecule has 0 aromatic heterocycles. The van der Waals surface area contributed by atoms with Crippen molar-refractivity contribution < 1.29 is 18.1 Å². The van der Waals surface area contributed by atoms with Gasteiger partial charge in [-0.3, -0.25) is 14.9 Å². The number of carbonyl (C=O) groups is 1. The maximum absolute atomic E-state index is 12.3. The minimum absolute atomic E-state index is 0.0308. The molecule has 0 heterocycles. The van der Waals surface area contributed by atoms with Gasteiger partial charge in [-0.15, -0.1) is 0 Å². The van der Waals surface area contributed by atoms with Crippen molar-refractivity contribution in [2.75, 3.05) is 13.1 Å². The van der Waals surface area contributed by atoms with Gasteiger partial charge in [0.05, 0.1) is 11.5 Å². The summed E-state index contributed by atoms with van der Waals surface area (Å²) in [4.78, 5) is 21.4. The molecule has 0 fully saturated rings. The third-order valence-electron chi connectivity index (χ3n) is 3.41. The first-order chi connectivity index (χ1) is 12.3. The van der Waals surface area contributed by atoms with E-state index in [4.69, 9.17) is 11.6 Å². The molecule has 0 aliphatic carbocycles. The summed E-state index contributed by atoms with van der Waals surface area (Å²) in [6, 6.07) is 12.6. The summed E-state index contributed by atoms with van der Waals surface area (Å²) in [5.74, 6) is -0.547. The molecule has 0 saturated carbocycles. The quantitative estimate of drug-likeness (QED) is 0.520. The first kappa shape index (κ1) is 19.8. The highest BCUT2D eigenvalue weighted by molar-refractivity contribution is 7.89. The normalized spacial score (nSPS) is 11.1. The molecular formula is C16H16ClN3O5S. The van der Waals surface area contributed by atoms with Crippen molar-refractivity contribution in [1.29, 1.82) is 0 Å². The van der Waals surface area contributed by atoms with Gasteiger partial charge in [-0.2, -0.15) is 0 Å². The van der Waals surface area contributed by atoms with Crippen LogP contribution >= 0.6 is 11.6 Å². The Morgan fingerprint density at radius 3 is 2.50 bits per heavy atom. The molecule has 10 heteroatoms. The fourth-order valence-electron chi connectivity index (χ4n) is 2.15. The van der Waals surface area contributed by atoms with Crippen LogP contribution in [0.25, 0.3) is 0 Å². The molecule has 0 aliphatic heterocycles. The lowest BCUT2D eigenvalue weighted by Crippen LogP contribution is -2.37. The van der Waals surface area contributed by atoms with Crippen LogP contribution in [0.5, 0.6) is 0 Å². The van der Waals surface area contributed by atoms with Gasteiger partial charge >= 0.3 is 0 Å². The largest absolute Gasteiger partial charge is 0.355 e. The minimum Gasteiger partial charge on any atom is -0.355 e. The molecule has 0 unspecified atom stereocenters. The lowest BCUT2D eigenvalue weighted by Gasteiger charge is -2.09. The van der Waals surface area contributed by atoms with Crippen molar-refractivity contribution in [3.63, 3.8) is 0 Å². The number of sulfonamides is 1. The van der Waals surface area contributed by atoms with Crippen LogP contribution in [0.2, 0.25) is 5.02 Å². The smallest absolute Gasteiger partial charge is 0.289 e. The van der Waals surface area contributed by atoms with E-state index in [1.165, 1.54) is 6.07 Å². The Bertz CT molecular complexity index is 903. The number of benzene rings is 2. The third kappa shape index (κ3) is 5.51. The van der Waals surface area contributed by atoms with Crippen molar-refractivity contribution in [2.24, 2.45) is 0 Å². The van der Waals surface area contributed by atoms with Gasteiger partial charge in [0.15, 0.2) is 4.90 Å². The van der Waals surface area contributed by atoms with Crippen LogP contribution in [0.15, 0.2) is 53.4 Å². The van der Waals surface area contributed by atoms with Crippen molar-refractivity contribution in [2.45, 2.75) is 11.3 Å². The number of halogens is 1. The average molecular weight is 398 g/mol. The van der Waals surface area contributed by atoms with E-state index in [2.05, 4.69) is 5.32 Å². The van der Waals surface area contributed by atoms with Crippen LogP contribution in [-0.4, -0.2) is 32.3 Å². The summed E-state index contributed by atoms with van der Waals surface area (Å²) in [5.41, 5.74) is 0.411. The Balaban J connectivity index is 1.94. The molecule has 2 aromatic rings. The van der Waals surface area contributed by atoms with E-state index in [0.717, 1.165) is 17.7 Å². The predicted molar refractivity (Wildman–Crippen MR) is 96.5 cm³/mol. The van der Waals surface area contributed by atoms with Crippen molar-refractivity contribution in [1.82, 2.24) is 10.0 Å². The molecule has 1 amide bonds. The van der Waals surface area contributed by atoms with Gasteiger partial charge in [0.1, 0.15) is 0 Å². The Hall–Kier alpha value is -2.49. The first-order valence-electron chi connectivity index (χ1n) is 7.54. The van der Waals surface area contributed by atoms with Gasteiger partial charge in [0, 0.05) is 17.6 Å². The predicted octanol–water partition coefficient (Wildman–Crippen LogP) is 1.89. The molecule has 0 spiro atoms. The summed E-state index contributed by atoms with van der Waals surface area (Å²) in [7, 11) is -4.27. The van der Waals surface area contributed by atoms with E-state index in [9.17, 15) is 23.3 Å². The molecule has 2 aromatic carbocycles. The van der Waals surface area contributed by atoms with Gasteiger partial charge in [-0.1, -0.05) is 41.9 Å². The van der Waals surface area contributed by atoms with Crippen LogP contribution in [0.1, 0.15) is 5.56 Å². The van der Waals surface area contributed by atoms with Gasteiger partial charge in [-0.25, -0.2) is 13.1 Å². The number of nitro groups is 1. The van der Waals surface area contributed by atoms with Crippen LogP contribution in [-0.2, 0) is 21.2 Å². The van der Waals surface area contributed by atoms with Gasteiger partial charge in [-0.05, 0) is 24.1 Å². The molecular weight excluding hydrogens is 382 g/mol. The minimum atomic E-state index is -4.27. The third-order valence-corrected chi connectivity index (χ3v) is 5.07. The standard InChI is InChI=1S/C16H16ClN3O5S/c17-13-6-7-14(20(22)23)15(10-13)26(24,25)19-11-16(21)18-9-8-12-4-2-1-3-5-12/h1-7,10,19H,8-9,11H2,(H,18,21). The molecule has 0 saturated heterocycles. The molecule has 2 rings (SSSR count).